The molecule has 0 aliphatic heterocycles. The van der Waals surface area contributed by atoms with E-state index in [1.165, 1.54) is 7.05 Å². The number of aryl methyl sites for hydroxylation is 1. The van der Waals surface area contributed by atoms with Gasteiger partial charge in [0, 0.05) is 17.9 Å². The Morgan fingerprint density at radius 3 is 2.28 bits per heavy atom. The normalized spacial score (nSPS) is 11.8. The molecule has 1 heterocycles. The van der Waals surface area contributed by atoms with Gasteiger partial charge in [-0.15, -0.1) is 0 Å². The lowest BCUT2D eigenvalue weighted by Gasteiger charge is -2.02. The minimum atomic E-state index is -4.49. The summed E-state index contributed by atoms with van der Waals surface area (Å²) in [6.07, 6.45) is -4.49. The maximum atomic E-state index is 12.6. The number of halogens is 4. The molecule has 3 nitrogen and oxygen atoms in total. The second-order valence-corrected chi connectivity index (χ2v) is 4.27. The van der Waals surface area contributed by atoms with Crippen molar-refractivity contribution in [1.82, 2.24) is 14.8 Å². The molecule has 0 bridgehead atoms. The molecule has 0 fully saturated rings. The monoisotopic (exact) mass is 319 g/mol. The molecule has 0 radical (unpaired) electrons. The van der Waals surface area contributed by atoms with Gasteiger partial charge in [-0.1, -0.05) is 40.2 Å². The highest BCUT2D eigenvalue weighted by atomic mass is 79.9. The lowest BCUT2D eigenvalue weighted by molar-refractivity contribution is -0.147. The quantitative estimate of drug-likeness (QED) is 0.794. The molecule has 0 N–H and O–H groups in total. The fourth-order valence-electron chi connectivity index (χ4n) is 1.50. The van der Waals surface area contributed by atoms with Gasteiger partial charge in [0.2, 0.25) is 5.82 Å². The van der Waals surface area contributed by atoms with Crippen LogP contribution in [0, 0.1) is 0 Å². The van der Waals surface area contributed by atoms with Crippen LogP contribution in [0.1, 0.15) is 11.4 Å². The zero-order valence-corrected chi connectivity index (χ0v) is 11.0. The minimum absolute atomic E-state index is 0.0750. The molecule has 0 saturated heterocycles. The SMILES string of the molecule is Cn1nc(-c2ccc(CBr)cc2)nc1C(F)(F)F. The predicted molar refractivity (Wildman–Crippen MR) is 64.1 cm³/mol. The molecule has 1 aromatic heterocycles. The van der Waals surface area contributed by atoms with Crippen LogP contribution in [0.25, 0.3) is 11.4 Å². The van der Waals surface area contributed by atoms with Crippen LogP contribution in [0.5, 0.6) is 0 Å². The van der Waals surface area contributed by atoms with Crippen LogP contribution < -0.4 is 0 Å². The van der Waals surface area contributed by atoms with Crippen LogP contribution in [-0.2, 0) is 18.6 Å². The third kappa shape index (κ3) is 2.55. The van der Waals surface area contributed by atoms with E-state index in [9.17, 15) is 13.2 Å². The Bertz CT molecular complexity index is 546. The first-order valence-electron chi connectivity index (χ1n) is 5.05. The van der Waals surface area contributed by atoms with E-state index in [0.717, 1.165) is 10.2 Å². The maximum Gasteiger partial charge on any atom is 0.451 e. The van der Waals surface area contributed by atoms with Crippen molar-refractivity contribution in [2.24, 2.45) is 7.05 Å². The summed E-state index contributed by atoms with van der Waals surface area (Å²) in [5.41, 5.74) is 1.59. The van der Waals surface area contributed by atoms with Crippen molar-refractivity contribution in [1.29, 1.82) is 0 Å². The van der Waals surface area contributed by atoms with Gasteiger partial charge in [0.15, 0.2) is 5.82 Å². The molecular weight excluding hydrogens is 311 g/mol. The first kappa shape index (κ1) is 13.1. The van der Waals surface area contributed by atoms with Gasteiger partial charge in [0.25, 0.3) is 0 Å². The van der Waals surface area contributed by atoms with Crippen LogP contribution in [0.4, 0.5) is 13.2 Å². The van der Waals surface area contributed by atoms with Crippen LogP contribution >= 0.6 is 15.9 Å². The van der Waals surface area contributed by atoms with Crippen LogP contribution in [-0.4, -0.2) is 14.8 Å². The zero-order valence-electron chi connectivity index (χ0n) is 9.37. The van der Waals surface area contributed by atoms with E-state index >= 15 is 0 Å². The summed E-state index contributed by atoms with van der Waals surface area (Å²) >= 11 is 3.30. The van der Waals surface area contributed by atoms with Crippen molar-refractivity contribution in [3.8, 4) is 11.4 Å². The van der Waals surface area contributed by atoms with Gasteiger partial charge in [-0.05, 0) is 5.56 Å². The molecule has 0 amide bonds. The summed E-state index contributed by atoms with van der Waals surface area (Å²) in [6, 6.07) is 7.03. The number of hydrogen-bond acceptors (Lipinski definition) is 2. The molecule has 0 saturated carbocycles. The molecular formula is C11H9BrF3N3. The van der Waals surface area contributed by atoms with Gasteiger partial charge in [-0.3, -0.25) is 0 Å². The van der Waals surface area contributed by atoms with Gasteiger partial charge in [0.1, 0.15) is 0 Å². The Morgan fingerprint density at radius 2 is 1.83 bits per heavy atom. The largest absolute Gasteiger partial charge is 0.451 e. The van der Waals surface area contributed by atoms with Crippen molar-refractivity contribution in [3.05, 3.63) is 35.7 Å². The van der Waals surface area contributed by atoms with Crippen molar-refractivity contribution in [3.63, 3.8) is 0 Å². The summed E-state index contributed by atoms with van der Waals surface area (Å²) in [5.74, 6) is -0.923. The lowest BCUT2D eigenvalue weighted by atomic mass is 10.1. The number of hydrogen-bond donors (Lipinski definition) is 0. The summed E-state index contributed by atoms with van der Waals surface area (Å²) < 4.78 is 38.4. The molecule has 0 unspecified atom stereocenters. The zero-order chi connectivity index (χ0) is 13.3. The summed E-state index contributed by atoms with van der Waals surface area (Å²) in [5, 5.41) is 4.47. The van der Waals surface area contributed by atoms with Crippen LogP contribution in [0.3, 0.4) is 0 Å². The Balaban J connectivity index is 2.39. The van der Waals surface area contributed by atoms with E-state index in [0.29, 0.717) is 10.9 Å². The highest BCUT2D eigenvalue weighted by Gasteiger charge is 2.37. The van der Waals surface area contributed by atoms with Gasteiger partial charge in [-0.2, -0.15) is 18.3 Å². The molecule has 96 valence electrons. The molecule has 1 aromatic carbocycles. The average Bonchev–Trinajstić information content (AvgIpc) is 2.71. The first-order valence-corrected chi connectivity index (χ1v) is 6.17. The van der Waals surface area contributed by atoms with Crippen molar-refractivity contribution >= 4 is 15.9 Å². The fraction of sp³-hybridized carbons (Fsp3) is 0.273. The number of alkyl halides is 4. The second-order valence-electron chi connectivity index (χ2n) is 3.71. The molecule has 2 aromatic rings. The first-order chi connectivity index (χ1) is 8.41. The molecule has 0 spiro atoms. The predicted octanol–water partition coefficient (Wildman–Crippen LogP) is 3.40. The van der Waals surface area contributed by atoms with Gasteiger partial charge in [0.05, 0.1) is 0 Å². The molecule has 2 rings (SSSR count). The number of nitrogens with zero attached hydrogens (tertiary/aromatic N) is 3. The summed E-state index contributed by atoms with van der Waals surface area (Å²) in [4.78, 5) is 3.52. The molecule has 0 aliphatic rings. The Hall–Kier alpha value is -1.37. The Labute approximate surface area is 110 Å². The minimum Gasteiger partial charge on any atom is -0.245 e. The molecule has 0 atom stereocenters. The Morgan fingerprint density at radius 1 is 1.22 bits per heavy atom. The van der Waals surface area contributed by atoms with Crippen molar-refractivity contribution in [2.75, 3.05) is 0 Å². The highest BCUT2D eigenvalue weighted by molar-refractivity contribution is 9.08. The molecule has 0 aliphatic carbocycles. The maximum absolute atomic E-state index is 12.6. The Kier molecular flexibility index (Phi) is 3.43. The highest BCUT2D eigenvalue weighted by Crippen LogP contribution is 2.29. The topological polar surface area (TPSA) is 30.7 Å². The summed E-state index contributed by atoms with van der Waals surface area (Å²) in [7, 11) is 1.23. The van der Waals surface area contributed by atoms with E-state index in [1.807, 2.05) is 12.1 Å². The van der Waals surface area contributed by atoms with Gasteiger partial charge >= 0.3 is 6.18 Å². The second kappa shape index (κ2) is 4.72. The van der Waals surface area contributed by atoms with E-state index in [4.69, 9.17) is 0 Å². The number of rotatable bonds is 2. The standard InChI is InChI=1S/C11H9BrF3N3/c1-18-10(11(13,14)15)16-9(17-18)8-4-2-7(6-12)3-5-8/h2-5H,6H2,1H3. The average molecular weight is 320 g/mol. The van der Waals surface area contributed by atoms with Crippen molar-refractivity contribution in [2.45, 2.75) is 11.5 Å². The number of aromatic nitrogens is 3. The molecule has 18 heavy (non-hydrogen) atoms. The van der Waals surface area contributed by atoms with Crippen LogP contribution in [0.2, 0.25) is 0 Å². The molecule has 7 heteroatoms. The lowest BCUT2D eigenvalue weighted by Crippen LogP contribution is -2.13. The fourth-order valence-corrected chi connectivity index (χ4v) is 1.87. The third-order valence-electron chi connectivity index (χ3n) is 2.38. The number of benzene rings is 1. The van der Waals surface area contributed by atoms with E-state index in [2.05, 4.69) is 26.0 Å². The van der Waals surface area contributed by atoms with Gasteiger partial charge in [-0.25, -0.2) is 9.67 Å². The van der Waals surface area contributed by atoms with Crippen molar-refractivity contribution < 1.29 is 13.2 Å². The third-order valence-corrected chi connectivity index (χ3v) is 3.03. The summed E-state index contributed by atoms with van der Waals surface area (Å²) in [6.45, 7) is 0. The van der Waals surface area contributed by atoms with E-state index in [1.54, 1.807) is 12.1 Å². The van der Waals surface area contributed by atoms with Crippen LogP contribution in [0.15, 0.2) is 24.3 Å². The van der Waals surface area contributed by atoms with E-state index < -0.39 is 12.0 Å². The van der Waals surface area contributed by atoms with E-state index in [-0.39, 0.29) is 5.82 Å². The van der Waals surface area contributed by atoms with Gasteiger partial charge < -0.3 is 0 Å². The smallest absolute Gasteiger partial charge is 0.245 e.